The first kappa shape index (κ1) is 25.8. The fraction of sp³-hybridized carbons (Fsp3) is 0.609. The summed E-state index contributed by atoms with van der Waals surface area (Å²) >= 11 is 0. The second kappa shape index (κ2) is 10.2. The molecule has 0 radical (unpaired) electrons. The van der Waals surface area contributed by atoms with Gasteiger partial charge in [0, 0.05) is 43.2 Å². The number of carboxylic acids is 1. The molecule has 0 aliphatic carbocycles. The van der Waals surface area contributed by atoms with Crippen LogP contribution in [0.15, 0.2) is 24.3 Å². The molecule has 8 nitrogen and oxygen atoms in total. The number of carboxylic acid groups (broad SMARTS) is 1. The van der Waals surface area contributed by atoms with Crippen molar-refractivity contribution in [3.8, 4) is 5.75 Å². The molecular formula is C23H30F3N3O5. The largest absolute Gasteiger partial charge is 0.497 e. The van der Waals surface area contributed by atoms with Gasteiger partial charge < -0.3 is 25.0 Å². The van der Waals surface area contributed by atoms with Gasteiger partial charge in [0.15, 0.2) is 0 Å². The number of benzene rings is 1. The lowest BCUT2D eigenvalue weighted by Crippen LogP contribution is -2.56. The van der Waals surface area contributed by atoms with Crippen molar-refractivity contribution in [3.05, 3.63) is 29.8 Å². The fourth-order valence-corrected chi connectivity index (χ4v) is 5.18. The summed E-state index contributed by atoms with van der Waals surface area (Å²) in [4.78, 5) is 38.7. The highest BCUT2D eigenvalue weighted by molar-refractivity contribution is 5.94. The highest BCUT2D eigenvalue weighted by Crippen LogP contribution is 2.44. The summed E-state index contributed by atoms with van der Waals surface area (Å²) < 4.78 is 37.0. The lowest BCUT2D eigenvalue weighted by Gasteiger charge is -2.42. The zero-order valence-electron chi connectivity index (χ0n) is 19.2. The molecule has 1 aromatic carbocycles. The van der Waals surface area contributed by atoms with Gasteiger partial charge in [0.1, 0.15) is 5.75 Å². The van der Waals surface area contributed by atoms with Crippen LogP contribution >= 0.6 is 0 Å². The Morgan fingerprint density at radius 2 is 1.88 bits per heavy atom. The van der Waals surface area contributed by atoms with Crippen LogP contribution in [0.5, 0.6) is 5.75 Å². The van der Waals surface area contributed by atoms with Crippen molar-refractivity contribution in [3.63, 3.8) is 0 Å². The number of alkyl halides is 3. The number of carbonyl (C=O) groups excluding carboxylic acids is 2. The molecule has 34 heavy (non-hydrogen) atoms. The van der Waals surface area contributed by atoms with Gasteiger partial charge in [-0.15, -0.1) is 0 Å². The van der Waals surface area contributed by atoms with Gasteiger partial charge in [-0.3, -0.25) is 9.59 Å². The van der Waals surface area contributed by atoms with Crippen molar-refractivity contribution < 1.29 is 37.4 Å². The van der Waals surface area contributed by atoms with Crippen molar-refractivity contribution in [1.82, 2.24) is 15.1 Å². The number of nitrogens with one attached hydrogen (secondary N) is 1. The van der Waals surface area contributed by atoms with Gasteiger partial charge in [-0.1, -0.05) is 13.0 Å². The second-order valence-corrected chi connectivity index (χ2v) is 8.95. The highest BCUT2D eigenvalue weighted by Gasteiger charge is 2.57. The van der Waals surface area contributed by atoms with Crippen LogP contribution in [-0.2, 0) is 9.59 Å². The lowest BCUT2D eigenvalue weighted by molar-refractivity contribution is -0.192. The quantitative estimate of drug-likeness (QED) is 0.680. The first-order valence-corrected chi connectivity index (χ1v) is 11.3. The van der Waals surface area contributed by atoms with Gasteiger partial charge in [0.25, 0.3) is 5.91 Å². The number of amides is 2. The maximum absolute atomic E-state index is 12.9. The Bertz CT molecular complexity index is 915. The van der Waals surface area contributed by atoms with E-state index in [0.29, 0.717) is 30.3 Å². The van der Waals surface area contributed by atoms with E-state index < -0.39 is 12.1 Å². The molecule has 3 aliphatic heterocycles. The molecule has 0 aromatic heterocycles. The number of aliphatic carboxylic acids is 1. The van der Waals surface area contributed by atoms with E-state index in [2.05, 4.69) is 17.1 Å². The van der Waals surface area contributed by atoms with E-state index in [1.807, 2.05) is 23.1 Å². The average molecular weight is 486 g/mol. The van der Waals surface area contributed by atoms with Gasteiger partial charge in [-0.05, 0) is 44.0 Å². The predicted molar refractivity (Wildman–Crippen MR) is 116 cm³/mol. The zero-order valence-corrected chi connectivity index (χ0v) is 19.2. The van der Waals surface area contributed by atoms with Crippen molar-refractivity contribution in [1.29, 1.82) is 0 Å². The van der Waals surface area contributed by atoms with Gasteiger partial charge in [0.2, 0.25) is 5.91 Å². The monoisotopic (exact) mass is 485 g/mol. The first-order valence-electron chi connectivity index (χ1n) is 11.3. The molecule has 1 aromatic rings. The average Bonchev–Trinajstić information content (AvgIpc) is 3.33. The minimum Gasteiger partial charge on any atom is -0.497 e. The Hall–Kier alpha value is -2.82. The Kier molecular flexibility index (Phi) is 7.74. The van der Waals surface area contributed by atoms with Crippen LogP contribution in [0, 0.1) is 11.8 Å². The summed E-state index contributed by atoms with van der Waals surface area (Å²) in [5.74, 6) is -1.30. The minimum atomic E-state index is -5.08. The molecule has 2 amide bonds. The number of hydrogen-bond donors (Lipinski definition) is 2. The number of rotatable bonds is 4. The topological polar surface area (TPSA) is 99.2 Å². The van der Waals surface area contributed by atoms with E-state index in [9.17, 15) is 22.8 Å². The number of hydrogen-bond acceptors (Lipinski definition) is 5. The Morgan fingerprint density at radius 1 is 1.24 bits per heavy atom. The number of fused-ring (bicyclic) bond motifs is 2. The SMILES string of the molecule is CCCN1C[C@H]2C(=O)NC3(CCN(C(=O)c4cccc(OC)c4)CC3)[C@H]2C1.O=C(O)C(F)(F)F. The van der Waals surface area contributed by atoms with Gasteiger partial charge in [-0.25, -0.2) is 4.79 Å². The van der Waals surface area contributed by atoms with Gasteiger partial charge in [0.05, 0.1) is 13.0 Å². The van der Waals surface area contributed by atoms with Crippen molar-refractivity contribution >= 4 is 17.8 Å². The van der Waals surface area contributed by atoms with Crippen LogP contribution in [0.3, 0.4) is 0 Å². The number of halogens is 3. The van der Waals surface area contributed by atoms with Crippen molar-refractivity contribution in [2.45, 2.75) is 37.9 Å². The van der Waals surface area contributed by atoms with Crippen LogP contribution < -0.4 is 10.1 Å². The fourth-order valence-electron chi connectivity index (χ4n) is 5.18. The molecule has 0 bridgehead atoms. The number of carbonyl (C=O) groups is 3. The second-order valence-electron chi connectivity index (χ2n) is 8.95. The van der Waals surface area contributed by atoms with Crippen LogP contribution in [0.4, 0.5) is 13.2 Å². The highest BCUT2D eigenvalue weighted by atomic mass is 19.4. The smallest absolute Gasteiger partial charge is 0.490 e. The third-order valence-electron chi connectivity index (χ3n) is 6.86. The molecule has 3 saturated heterocycles. The summed E-state index contributed by atoms with van der Waals surface area (Å²) in [6.07, 6.45) is -2.28. The van der Waals surface area contributed by atoms with Gasteiger partial charge >= 0.3 is 12.1 Å². The maximum Gasteiger partial charge on any atom is 0.490 e. The first-order chi connectivity index (χ1) is 16.0. The van der Waals surface area contributed by atoms with Crippen LogP contribution in [0.2, 0.25) is 0 Å². The van der Waals surface area contributed by atoms with Gasteiger partial charge in [-0.2, -0.15) is 13.2 Å². The van der Waals surface area contributed by atoms with E-state index >= 15 is 0 Å². The molecule has 2 N–H and O–H groups in total. The van der Waals surface area contributed by atoms with Crippen molar-refractivity contribution in [2.24, 2.45) is 11.8 Å². The number of ether oxygens (including phenoxy) is 1. The third kappa shape index (κ3) is 5.45. The molecule has 3 aliphatic rings. The number of likely N-dealkylation sites (tertiary alicyclic amines) is 2. The predicted octanol–water partition coefficient (Wildman–Crippen LogP) is 2.39. The number of methoxy groups -OCH3 is 1. The number of piperidine rings is 1. The normalized spacial score (nSPS) is 23.7. The Morgan fingerprint density at radius 3 is 2.44 bits per heavy atom. The standard InChI is InChI=1S/C21H29N3O3.C2HF3O2/c1-3-9-23-13-17-18(14-23)21(22-19(17)25)7-10-24(11-8-21)20(26)15-5-4-6-16(12-15)27-2;3-2(4,5)1(6)7/h4-6,12,17-18H,3,7-11,13-14H2,1-2H3,(H,22,25);(H,6,7)/t17-,18+;/m1./s1. The molecule has 1 spiro atoms. The molecule has 0 saturated carbocycles. The van der Waals surface area contributed by atoms with E-state index in [0.717, 1.165) is 38.9 Å². The van der Waals surface area contributed by atoms with Crippen molar-refractivity contribution in [2.75, 3.05) is 39.8 Å². The van der Waals surface area contributed by atoms with E-state index in [4.69, 9.17) is 14.6 Å². The summed E-state index contributed by atoms with van der Waals surface area (Å²) in [5, 5.41) is 10.5. The molecule has 4 rings (SSSR count). The molecule has 188 valence electrons. The third-order valence-corrected chi connectivity index (χ3v) is 6.86. The molecule has 3 fully saturated rings. The molecule has 0 unspecified atom stereocenters. The maximum atomic E-state index is 12.9. The molecule has 3 heterocycles. The number of nitrogens with zero attached hydrogens (tertiary/aromatic N) is 2. The van der Waals surface area contributed by atoms with Crippen LogP contribution in [0.25, 0.3) is 0 Å². The Labute approximate surface area is 196 Å². The zero-order chi connectivity index (χ0) is 25.1. The van der Waals surface area contributed by atoms with E-state index in [1.165, 1.54) is 0 Å². The summed E-state index contributed by atoms with van der Waals surface area (Å²) in [6, 6.07) is 7.32. The Balaban J connectivity index is 0.000000406. The molecule has 2 atom stereocenters. The van der Waals surface area contributed by atoms with Crippen LogP contribution in [-0.4, -0.2) is 84.2 Å². The summed E-state index contributed by atoms with van der Waals surface area (Å²) in [6.45, 7) is 6.52. The summed E-state index contributed by atoms with van der Waals surface area (Å²) in [7, 11) is 1.61. The molecule has 11 heteroatoms. The van der Waals surface area contributed by atoms with Crippen LogP contribution in [0.1, 0.15) is 36.5 Å². The van der Waals surface area contributed by atoms with E-state index in [-0.39, 0.29) is 23.3 Å². The molecular weight excluding hydrogens is 455 g/mol. The minimum absolute atomic E-state index is 0.0451. The lowest BCUT2D eigenvalue weighted by atomic mass is 9.75. The van der Waals surface area contributed by atoms with E-state index in [1.54, 1.807) is 13.2 Å². The summed E-state index contributed by atoms with van der Waals surface area (Å²) in [5.41, 5.74) is 0.531.